The third-order valence-electron chi connectivity index (χ3n) is 3.16. The fourth-order valence-electron chi connectivity index (χ4n) is 2.14. The summed E-state index contributed by atoms with van der Waals surface area (Å²) in [6, 6.07) is 4.32. The van der Waals surface area contributed by atoms with Crippen LogP contribution in [0.15, 0.2) is 24.5 Å². The van der Waals surface area contributed by atoms with Gasteiger partial charge >= 0.3 is 5.97 Å². The quantitative estimate of drug-likeness (QED) is 0.836. The summed E-state index contributed by atoms with van der Waals surface area (Å²) in [4.78, 5) is 16.9. The Kier molecular flexibility index (Phi) is 3.19. The molecule has 1 fully saturated rings. The number of carboxylic acids is 1. The van der Waals surface area contributed by atoms with Crippen LogP contribution in [0.3, 0.4) is 0 Å². The Morgan fingerprint density at radius 2 is 2.44 bits per heavy atom. The molecule has 1 aromatic heterocycles. The summed E-state index contributed by atoms with van der Waals surface area (Å²) in [7, 11) is 0. The van der Waals surface area contributed by atoms with Gasteiger partial charge in [-0.25, -0.2) is 0 Å². The maximum Gasteiger partial charge on any atom is 0.303 e. The first-order valence-corrected chi connectivity index (χ1v) is 5.52. The van der Waals surface area contributed by atoms with E-state index in [1.807, 2.05) is 12.3 Å². The fourth-order valence-corrected chi connectivity index (χ4v) is 2.14. The molecule has 0 aliphatic carbocycles. The van der Waals surface area contributed by atoms with Crippen molar-refractivity contribution >= 4 is 5.97 Å². The van der Waals surface area contributed by atoms with E-state index in [-0.39, 0.29) is 6.42 Å². The van der Waals surface area contributed by atoms with Crippen LogP contribution in [0.1, 0.15) is 24.9 Å². The molecule has 1 N–H and O–H groups in total. The van der Waals surface area contributed by atoms with Crippen LogP contribution in [0, 0.1) is 5.92 Å². The minimum absolute atomic E-state index is 0.288. The van der Waals surface area contributed by atoms with Gasteiger partial charge in [-0.15, -0.1) is 0 Å². The monoisotopic (exact) mass is 220 g/mol. The van der Waals surface area contributed by atoms with E-state index < -0.39 is 5.97 Å². The molecule has 2 heterocycles. The van der Waals surface area contributed by atoms with Gasteiger partial charge in [-0.05, 0) is 24.5 Å². The highest BCUT2D eigenvalue weighted by atomic mass is 16.4. The predicted octanol–water partition coefficient (Wildman–Crippen LogP) is 1.55. The van der Waals surface area contributed by atoms with Crippen molar-refractivity contribution in [3.63, 3.8) is 0 Å². The number of carbonyl (C=O) groups is 1. The molecule has 2 rings (SSSR count). The van der Waals surface area contributed by atoms with Crippen molar-refractivity contribution in [1.82, 2.24) is 9.88 Å². The Morgan fingerprint density at radius 1 is 1.69 bits per heavy atom. The molecular formula is C12H16N2O2. The smallest absolute Gasteiger partial charge is 0.303 e. The van der Waals surface area contributed by atoms with Crippen LogP contribution in [0.25, 0.3) is 0 Å². The number of hydrogen-bond acceptors (Lipinski definition) is 3. The summed E-state index contributed by atoms with van der Waals surface area (Å²) in [5, 5.41) is 8.66. The average Bonchev–Trinajstić information content (AvgIpc) is 2.23. The van der Waals surface area contributed by atoms with Gasteiger partial charge in [0.15, 0.2) is 0 Å². The van der Waals surface area contributed by atoms with Crippen LogP contribution >= 0.6 is 0 Å². The lowest BCUT2D eigenvalue weighted by Gasteiger charge is -2.42. The zero-order chi connectivity index (χ0) is 11.5. The molecule has 0 radical (unpaired) electrons. The summed E-state index contributed by atoms with van der Waals surface area (Å²) >= 11 is 0. The zero-order valence-corrected chi connectivity index (χ0v) is 9.34. The standard InChI is InChI=1S/C12H16N2O2/c1-9(11-3-2-4-13-6-11)14-7-10(8-14)5-12(15)16/h2-4,6,9-10H,5,7-8H2,1H3,(H,15,16). The van der Waals surface area contributed by atoms with Crippen molar-refractivity contribution < 1.29 is 9.90 Å². The number of nitrogens with zero attached hydrogens (tertiary/aromatic N) is 2. The number of aliphatic carboxylic acids is 1. The van der Waals surface area contributed by atoms with Crippen molar-refractivity contribution in [2.24, 2.45) is 5.92 Å². The molecule has 0 spiro atoms. The normalized spacial score (nSPS) is 19.1. The molecule has 0 aromatic carbocycles. The second kappa shape index (κ2) is 4.61. The van der Waals surface area contributed by atoms with Gasteiger partial charge in [-0.2, -0.15) is 0 Å². The molecule has 86 valence electrons. The zero-order valence-electron chi connectivity index (χ0n) is 9.34. The summed E-state index contributed by atoms with van der Waals surface area (Å²) in [5.41, 5.74) is 1.19. The number of likely N-dealkylation sites (tertiary alicyclic amines) is 1. The van der Waals surface area contributed by atoms with Crippen molar-refractivity contribution in [3.8, 4) is 0 Å². The maximum atomic E-state index is 10.5. The largest absolute Gasteiger partial charge is 0.481 e. The lowest BCUT2D eigenvalue weighted by molar-refractivity contribution is -0.139. The molecule has 0 bridgehead atoms. The Morgan fingerprint density at radius 3 is 3.00 bits per heavy atom. The lowest BCUT2D eigenvalue weighted by Crippen LogP contribution is -2.48. The second-order valence-electron chi connectivity index (χ2n) is 4.38. The van der Waals surface area contributed by atoms with Gasteiger partial charge in [0.2, 0.25) is 0 Å². The van der Waals surface area contributed by atoms with Gasteiger partial charge in [0.05, 0.1) is 6.42 Å². The lowest BCUT2D eigenvalue weighted by atomic mass is 9.93. The minimum Gasteiger partial charge on any atom is -0.481 e. The summed E-state index contributed by atoms with van der Waals surface area (Å²) in [6.45, 7) is 3.89. The molecule has 1 atom stereocenters. The third kappa shape index (κ3) is 2.39. The highest BCUT2D eigenvalue weighted by Crippen LogP contribution is 2.29. The molecule has 4 nitrogen and oxygen atoms in total. The van der Waals surface area contributed by atoms with Crippen LogP contribution in [0.2, 0.25) is 0 Å². The molecule has 4 heteroatoms. The summed E-state index contributed by atoms with van der Waals surface area (Å²) in [5.74, 6) is -0.379. The molecular weight excluding hydrogens is 204 g/mol. The van der Waals surface area contributed by atoms with E-state index in [2.05, 4.69) is 22.9 Å². The van der Waals surface area contributed by atoms with Crippen molar-refractivity contribution in [2.45, 2.75) is 19.4 Å². The Balaban J connectivity index is 1.86. The summed E-state index contributed by atoms with van der Waals surface area (Å²) < 4.78 is 0. The first-order chi connectivity index (χ1) is 7.66. The van der Waals surface area contributed by atoms with E-state index in [9.17, 15) is 4.79 Å². The molecule has 0 amide bonds. The molecule has 1 unspecified atom stereocenters. The average molecular weight is 220 g/mol. The Bertz CT molecular complexity index is 361. The van der Waals surface area contributed by atoms with Crippen LogP contribution in [-0.4, -0.2) is 34.0 Å². The minimum atomic E-state index is -0.696. The van der Waals surface area contributed by atoms with Crippen molar-refractivity contribution in [1.29, 1.82) is 0 Å². The summed E-state index contributed by atoms with van der Waals surface area (Å²) in [6.07, 6.45) is 3.92. The van der Waals surface area contributed by atoms with E-state index in [0.29, 0.717) is 12.0 Å². The van der Waals surface area contributed by atoms with Crippen LogP contribution in [0.5, 0.6) is 0 Å². The molecule has 16 heavy (non-hydrogen) atoms. The van der Waals surface area contributed by atoms with E-state index in [1.54, 1.807) is 6.20 Å². The topological polar surface area (TPSA) is 53.4 Å². The molecule has 1 aromatic rings. The van der Waals surface area contributed by atoms with E-state index in [4.69, 9.17) is 5.11 Å². The van der Waals surface area contributed by atoms with Gasteiger partial charge in [-0.3, -0.25) is 14.7 Å². The van der Waals surface area contributed by atoms with Gasteiger partial charge in [-0.1, -0.05) is 6.07 Å². The molecule has 0 saturated carbocycles. The molecule has 1 aliphatic rings. The molecule has 1 aliphatic heterocycles. The van der Waals surface area contributed by atoms with E-state index in [1.165, 1.54) is 5.56 Å². The van der Waals surface area contributed by atoms with Gasteiger partial charge in [0.25, 0.3) is 0 Å². The van der Waals surface area contributed by atoms with Crippen LogP contribution in [0.4, 0.5) is 0 Å². The predicted molar refractivity (Wildman–Crippen MR) is 60.0 cm³/mol. The van der Waals surface area contributed by atoms with Crippen molar-refractivity contribution in [2.75, 3.05) is 13.1 Å². The number of carboxylic acid groups (broad SMARTS) is 1. The number of aromatic nitrogens is 1. The second-order valence-corrected chi connectivity index (χ2v) is 4.38. The van der Waals surface area contributed by atoms with Crippen LogP contribution < -0.4 is 0 Å². The highest BCUT2D eigenvalue weighted by Gasteiger charge is 2.32. The first kappa shape index (κ1) is 11.1. The Labute approximate surface area is 94.9 Å². The fraction of sp³-hybridized carbons (Fsp3) is 0.500. The Hall–Kier alpha value is -1.42. The number of pyridine rings is 1. The number of hydrogen-bond donors (Lipinski definition) is 1. The molecule has 1 saturated heterocycles. The van der Waals surface area contributed by atoms with Gasteiger partial charge in [0.1, 0.15) is 0 Å². The number of rotatable bonds is 4. The SMILES string of the molecule is CC(c1cccnc1)N1CC(CC(=O)O)C1. The van der Waals surface area contributed by atoms with Crippen LogP contribution in [-0.2, 0) is 4.79 Å². The highest BCUT2D eigenvalue weighted by molar-refractivity contribution is 5.67. The van der Waals surface area contributed by atoms with Gasteiger partial charge in [0, 0.05) is 31.5 Å². The van der Waals surface area contributed by atoms with E-state index in [0.717, 1.165) is 13.1 Å². The maximum absolute atomic E-state index is 10.5. The first-order valence-electron chi connectivity index (χ1n) is 5.52. The van der Waals surface area contributed by atoms with E-state index >= 15 is 0 Å². The van der Waals surface area contributed by atoms with Crippen molar-refractivity contribution in [3.05, 3.63) is 30.1 Å². The third-order valence-corrected chi connectivity index (χ3v) is 3.16. The van der Waals surface area contributed by atoms with Gasteiger partial charge < -0.3 is 5.11 Å².